The molecule has 22 heavy (non-hydrogen) atoms. The molecule has 1 N–H and O–H groups in total. The van der Waals surface area contributed by atoms with Crippen LogP contribution in [0, 0.1) is 0 Å². The summed E-state index contributed by atoms with van der Waals surface area (Å²) in [5.41, 5.74) is 3.11. The molecule has 1 heterocycles. The lowest BCUT2D eigenvalue weighted by Gasteiger charge is -2.28. The molecule has 2 nitrogen and oxygen atoms in total. The molecule has 1 aliphatic rings. The third-order valence-electron chi connectivity index (χ3n) is 3.80. The lowest BCUT2D eigenvalue weighted by atomic mass is 10.2. The molecule has 4 heteroatoms. The third-order valence-corrected chi connectivity index (χ3v) is 6.45. The van der Waals surface area contributed by atoms with E-state index in [0.717, 1.165) is 25.0 Å². The van der Waals surface area contributed by atoms with Gasteiger partial charge in [-0.2, -0.15) is 0 Å². The van der Waals surface area contributed by atoms with Crippen LogP contribution in [0.2, 0.25) is 0 Å². The summed E-state index contributed by atoms with van der Waals surface area (Å²) in [5, 5.41) is 5.36. The maximum absolute atomic E-state index is 3.66. The highest BCUT2D eigenvalue weighted by molar-refractivity contribution is 9.09. The molecular weight excluding hydrogens is 356 g/mol. The quantitative estimate of drug-likeness (QED) is 0.764. The van der Waals surface area contributed by atoms with E-state index in [1.807, 2.05) is 11.8 Å². The molecule has 1 saturated heterocycles. The summed E-state index contributed by atoms with van der Waals surface area (Å²) in [6.07, 6.45) is 0. The molecule has 2 aromatic rings. The molecule has 0 aromatic heterocycles. The molecule has 0 amide bonds. The number of thioether (sulfide) groups is 1. The molecule has 0 saturated carbocycles. The van der Waals surface area contributed by atoms with E-state index in [9.17, 15) is 0 Å². The standard InChI is InChI=1S/C18H21BrN2S/c19-11-17-12-20-18(22-17)21(13-15-7-3-1-4-8-15)14-16-9-5-2-6-10-16/h1-10,17-18,20H,11-14H2. The number of nitrogens with one attached hydrogen (secondary N) is 1. The van der Waals surface area contributed by atoms with Gasteiger partial charge < -0.3 is 0 Å². The monoisotopic (exact) mass is 376 g/mol. The Morgan fingerprint density at radius 1 is 0.955 bits per heavy atom. The van der Waals surface area contributed by atoms with E-state index < -0.39 is 0 Å². The number of halogens is 1. The average Bonchev–Trinajstić information content (AvgIpc) is 3.05. The Kier molecular flexibility index (Phi) is 5.96. The number of nitrogens with zero attached hydrogens (tertiary/aromatic N) is 1. The Balaban J connectivity index is 1.73. The summed E-state index contributed by atoms with van der Waals surface area (Å²) >= 11 is 5.63. The maximum atomic E-state index is 3.66. The van der Waals surface area contributed by atoms with Gasteiger partial charge in [-0.15, -0.1) is 11.8 Å². The fourth-order valence-corrected chi connectivity index (χ4v) is 4.50. The van der Waals surface area contributed by atoms with E-state index >= 15 is 0 Å². The zero-order chi connectivity index (χ0) is 15.2. The Bertz CT molecular complexity index is 522. The molecule has 3 rings (SSSR count). The smallest absolute Gasteiger partial charge is 0.109 e. The van der Waals surface area contributed by atoms with Crippen molar-refractivity contribution in [2.24, 2.45) is 0 Å². The normalized spacial score (nSPS) is 21.4. The first-order valence-corrected chi connectivity index (χ1v) is 9.68. The van der Waals surface area contributed by atoms with E-state index in [0.29, 0.717) is 10.7 Å². The molecule has 2 unspecified atom stereocenters. The topological polar surface area (TPSA) is 15.3 Å². The van der Waals surface area contributed by atoms with Crippen LogP contribution in [0.4, 0.5) is 0 Å². The number of alkyl halides is 1. The van der Waals surface area contributed by atoms with Crippen LogP contribution < -0.4 is 5.32 Å². The van der Waals surface area contributed by atoms with Crippen LogP contribution in [0.15, 0.2) is 60.7 Å². The predicted octanol–water partition coefficient (Wildman–Crippen LogP) is 4.07. The number of rotatable bonds is 6. The summed E-state index contributed by atoms with van der Waals surface area (Å²) in [7, 11) is 0. The van der Waals surface area contributed by atoms with E-state index in [4.69, 9.17) is 0 Å². The van der Waals surface area contributed by atoms with E-state index in [1.54, 1.807) is 0 Å². The van der Waals surface area contributed by atoms with Crippen molar-refractivity contribution in [3.05, 3.63) is 71.8 Å². The van der Waals surface area contributed by atoms with Crippen LogP contribution in [0.5, 0.6) is 0 Å². The minimum atomic E-state index is 0.378. The first-order valence-electron chi connectivity index (χ1n) is 7.62. The first-order chi connectivity index (χ1) is 10.8. The van der Waals surface area contributed by atoms with Crippen molar-refractivity contribution < 1.29 is 0 Å². The lowest BCUT2D eigenvalue weighted by Crippen LogP contribution is -2.39. The molecule has 1 aliphatic heterocycles. The molecule has 0 aliphatic carbocycles. The molecule has 0 radical (unpaired) electrons. The highest BCUT2D eigenvalue weighted by atomic mass is 79.9. The predicted molar refractivity (Wildman–Crippen MR) is 99.1 cm³/mol. The second-order valence-corrected chi connectivity index (χ2v) is 7.58. The minimum absolute atomic E-state index is 0.378. The molecule has 2 atom stereocenters. The van der Waals surface area contributed by atoms with E-state index in [1.165, 1.54) is 11.1 Å². The molecule has 116 valence electrons. The lowest BCUT2D eigenvalue weighted by molar-refractivity contribution is 0.218. The summed E-state index contributed by atoms with van der Waals surface area (Å²) in [4.78, 5) is 2.53. The van der Waals surface area contributed by atoms with Crippen LogP contribution in [-0.4, -0.2) is 27.5 Å². The van der Waals surface area contributed by atoms with Crippen LogP contribution in [-0.2, 0) is 13.1 Å². The summed E-state index contributed by atoms with van der Waals surface area (Å²) < 4.78 is 0. The highest BCUT2D eigenvalue weighted by Gasteiger charge is 2.28. The van der Waals surface area contributed by atoms with Gasteiger partial charge in [0.15, 0.2) is 0 Å². The van der Waals surface area contributed by atoms with Gasteiger partial charge in [-0.25, -0.2) is 0 Å². The Morgan fingerprint density at radius 3 is 1.95 bits per heavy atom. The van der Waals surface area contributed by atoms with Crippen molar-refractivity contribution in [2.75, 3.05) is 11.9 Å². The summed E-state index contributed by atoms with van der Waals surface area (Å²) in [6, 6.07) is 21.5. The van der Waals surface area contributed by atoms with Crippen LogP contribution in [0.3, 0.4) is 0 Å². The van der Waals surface area contributed by atoms with Gasteiger partial charge >= 0.3 is 0 Å². The van der Waals surface area contributed by atoms with Crippen molar-refractivity contribution >= 4 is 27.7 Å². The number of hydrogen-bond acceptors (Lipinski definition) is 3. The van der Waals surface area contributed by atoms with Crippen LogP contribution >= 0.6 is 27.7 Å². The van der Waals surface area contributed by atoms with Crippen LogP contribution in [0.25, 0.3) is 0 Å². The minimum Gasteiger partial charge on any atom is -0.292 e. The van der Waals surface area contributed by atoms with E-state index in [-0.39, 0.29) is 0 Å². The fraction of sp³-hybridized carbons (Fsp3) is 0.333. The SMILES string of the molecule is BrCC1CNC(N(Cc2ccccc2)Cc2ccccc2)S1. The van der Waals surface area contributed by atoms with E-state index in [2.05, 4.69) is 86.8 Å². The van der Waals surface area contributed by atoms with Crippen molar-refractivity contribution in [3.63, 3.8) is 0 Å². The Morgan fingerprint density at radius 2 is 1.50 bits per heavy atom. The maximum Gasteiger partial charge on any atom is 0.109 e. The van der Waals surface area contributed by atoms with Gasteiger partial charge in [0.25, 0.3) is 0 Å². The second-order valence-electron chi connectivity index (χ2n) is 5.55. The van der Waals surface area contributed by atoms with Gasteiger partial charge in [-0.3, -0.25) is 10.2 Å². The highest BCUT2D eigenvalue weighted by Crippen LogP contribution is 2.28. The Hall–Kier alpha value is -0.810. The molecular formula is C18H21BrN2S. The van der Waals surface area contributed by atoms with Gasteiger partial charge in [-0.05, 0) is 11.1 Å². The number of hydrogen-bond donors (Lipinski definition) is 1. The molecule has 1 fully saturated rings. The zero-order valence-electron chi connectivity index (χ0n) is 12.5. The van der Waals surface area contributed by atoms with Crippen molar-refractivity contribution in [3.8, 4) is 0 Å². The third kappa shape index (κ3) is 4.35. The largest absolute Gasteiger partial charge is 0.292 e. The molecule has 0 spiro atoms. The van der Waals surface area contributed by atoms with Crippen LogP contribution in [0.1, 0.15) is 11.1 Å². The zero-order valence-corrected chi connectivity index (χ0v) is 14.9. The van der Waals surface area contributed by atoms with Gasteiger partial charge in [-0.1, -0.05) is 76.6 Å². The van der Waals surface area contributed by atoms with Gasteiger partial charge in [0.1, 0.15) is 5.50 Å². The molecule has 2 aromatic carbocycles. The first kappa shape index (κ1) is 16.1. The number of benzene rings is 2. The van der Waals surface area contributed by atoms with Crippen molar-refractivity contribution in [1.29, 1.82) is 0 Å². The summed E-state index contributed by atoms with van der Waals surface area (Å²) in [6.45, 7) is 3.01. The summed E-state index contributed by atoms with van der Waals surface area (Å²) in [5.74, 6) is 0. The van der Waals surface area contributed by atoms with Crippen molar-refractivity contribution in [1.82, 2.24) is 10.2 Å². The van der Waals surface area contributed by atoms with Gasteiger partial charge in [0, 0.05) is 30.2 Å². The Labute approximate surface area is 145 Å². The average molecular weight is 377 g/mol. The second kappa shape index (κ2) is 8.16. The fourth-order valence-electron chi connectivity index (χ4n) is 2.67. The van der Waals surface area contributed by atoms with Crippen molar-refractivity contribution in [2.45, 2.75) is 23.8 Å². The van der Waals surface area contributed by atoms with Gasteiger partial charge in [0.05, 0.1) is 0 Å². The molecule has 0 bridgehead atoms. The van der Waals surface area contributed by atoms with Gasteiger partial charge in [0.2, 0.25) is 0 Å².